The van der Waals surface area contributed by atoms with Gasteiger partial charge in [0, 0.05) is 25.0 Å². The molecule has 1 heterocycles. The highest BCUT2D eigenvalue weighted by Gasteiger charge is 2.42. The summed E-state index contributed by atoms with van der Waals surface area (Å²) < 4.78 is 0. The van der Waals surface area contributed by atoms with Crippen LogP contribution < -0.4 is 10.6 Å². The minimum Gasteiger partial charge on any atom is -0.355 e. The number of likely N-dealkylation sites (tertiary alicyclic amines) is 1. The second kappa shape index (κ2) is 4.72. The highest BCUT2D eigenvalue weighted by atomic mass is 16.1. The maximum Gasteiger partial charge on any atom is 0.224 e. The highest BCUT2D eigenvalue weighted by molar-refractivity contribution is 5.79. The van der Waals surface area contributed by atoms with E-state index in [0.29, 0.717) is 5.41 Å². The van der Waals surface area contributed by atoms with Crippen LogP contribution in [0.25, 0.3) is 0 Å². The van der Waals surface area contributed by atoms with Crippen molar-refractivity contribution in [3.8, 4) is 0 Å². The first kappa shape index (κ1) is 11.9. The molecule has 0 aromatic heterocycles. The third-order valence-corrected chi connectivity index (χ3v) is 3.91. The van der Waals surface area contributed by atoms with Crippen molar-refractivity contribution in [2.24, 2.45) is 11.3 Å². The Balaban J connectivity index is 1.72. The Bertz CT molecular complexity index is 263. The molecular formula is C12H23N3O. The molecule has 0 radical (unpaired) electrons. The molecule has 1 amide bonds. The van der Waals surface area contributed by atoms with Gasteiger partial charge in [-0.15, -0.1) is 0 Å². The minimum absolute atomic E-state index is 0.218. The number of carbonyl (C=O) groups excluding carboxylic acids is 1. The second-order valence-corrected chi connectivity index (χ2v) is 5.50. The Kier molecular flexibility index (Phi) is 3.50. The molecule has 1 aliphatic heterocycles. The van der Waals surface area contributed by atoms with Crippen molar-refractivity contribution >= 4 is 5.91 Å². The van der Waals surface area contributed by atoms with Gasteiger partial charge in [-0.2, -0.15) is 0 Å². The third kappa shape index (κ3) is 2.74. The lowest BCUT2D eigenvalue weighted by Crippen LogP contribution is -2.38. The van der Waals surface area contributed by atoms with E-state index in [1.165, 1.54) is 12.8 Å². The van der Waals surface area contributed by atoms with E-state index in [2.05, 4.69) is 22.6 Å². The summed E-state index contributed by atoms with van der Waals surface area (Å²) in [5.41, 5.74) is 0.370. The van der Waals surface area contributed by atoms with Crippen molar-refractivity contribution in [2.45, 2.75) is 19.3 Å². The molecule has 92 valence electrons. The fourth-order valence-corrected chi connectivity index (χ4v) is 2.54. The molecule has 0 aromatic carbocycles. The number of carbonyl (C=O) groups is 1. The summed E-state index contributed by atoms with van der Waals surface area (Å²) in [7, 11) is 4.06. The number of amides is 1. The molecule has 1 aliphatic carbocycles. The average molecular weight is 225 g/mol. The molecule has 1 saturated heterocycles. The second-order valence-electron chi connectivity index (χ2n) is 5.50. The summed E-state index contributed by atoms with van der Waals surface area (Å²) in [4.78, 5) is 14.1. The molecule has 2 N–H and O–H groups in total. The van der Waals surface area contributed by atoms with Crippen LogP contribution in [0.5, 0.6) is 0 Å². The molecule has 2 fully saturated rings. The quantitative estimate of drug-likeness (QED) is 0.695. The van der Waals surface area contributed by atoms with E-state index in [-0.39, 0.29) is 11.8 Å². The van der Waals surface area contributed by atoms with Crippen LogP contribution in [0.2, 0.25) is 0 Å². The van der Waals surface area contributed by atoms with E-state index in [0.717, 1.165) is 32.6 Å². The Hall–Kier alpha value is -0.610. The van der Waals surface area contributed by atoms with Crippen molar-refractivity contribution < 1.29 is 4.79 Å². The summed E-state index contributed by atoms with van der Waals surface area (Å²) in [6.07, 6.45) is 3.51. The molecule has 0 bridgehead atoms. The number of hydrogen-bond donors (Lipinski definition) is 2. The molecule has 1 unspecified atom stereocenters. The summed E-state index contributed by atoms with van der Waals surface area (Å²) in [5, 5.41) is 6.34. The van der Waals surface area contributed by atoms with Crippen molar-refractivity contribution in [3.05, 3.63) is 0 Å². The van der Waals surface area contributed by atoms with Gasteiger partial charge in [0.1, 0.15) is 0 Å². The zero-order chi connectivity index (χ0) is 11.6. The molecule has 4 heteroatoms. The lowest BCUT2D eigenvalue weighted by Gasteiger charge is -2.17. The van der Waals surface area contributed by atoms with E-state index in [9.17, 15) is 4.79 Å². The molecule has 1 saturated carbocycles. The van der Waals surface area contributed by atoms with Crippen LogP contribution >= 0.6 is 0 Å². The van der Waals surface area contributed by atoms with Gasteiger partial charge in [-0.05, 0) is 39.9 Å². The first-order valence-corrected chi connectivity index (χ1v) is 6.26. The van der Waals surface area contributed by atoms with E-state index >= 15 is 0 Å². The molecule has 0 spiro atoms. The van der Waals surface area contributed by atoms with Crippen molar-refractivity contribution in [3.63, 3.8) is 0 Å². The standard InChI is InChI=1S/C12H23N3O/c1-13-8-12(4-5-12)9-14-11(16)10-3-6-15(2)7-10/h10,13H,3-9H2,1-2H3,(H,14,16). The lowest BCUT2D eigenvalue weighted by atomic mass is 10.1. The van der Waals surface area contributed by atoms with Gasteiger partial charge in [-0.1, -0.05) is 0 Å². The minimum atomic E-state index is 0.218. The third-order valence-electron chi connectivity index (χ3n) is 3.91. The predicted molar refractivity (Wildman–Crippen MR) is 64.2 cm³/mol. The molecule has 4 nitrogen and oxygen atoms in total. The first-order chi connectivity index (χ1) is 7.65. The largest absolute Gasteiger partial charge is 0.355 e. The number of nitrogens with zero attached hydrogens (tertiary/aromatic N) is 1. The van der Waals surface area contributed by atoms with Gasteiger partial charge < -0.3 is 15.5 Å². The van der Waals surface area contributed by atoms with E-state index < -0.39 is 0 Å². The normalized spacial score (nSPS) is 28.0. The van der Waals surface area contributed by atoms with Gasteiger partial charge in [-0.25, -0.2) is 0 Å². The fraction of sp³-hybridized carbons (Fsp3) is 0.917. The number of hydrogen-bond acceptors (Lipinski definition) is 3. The monoisotopic (exact) mass is 225 g/mol. The number of rotatable bonds is 5. The average Bonchev–Trinajstić information content (AvgIpc) is 2.89. The molecule has 1 atom stereocenters. The summed E-state index contributed by atoms with van der Waals surface area (Å²) in [5.74, 6) is 0.474. The van der Waals surface area contributed by atoms with Crippen molar-refractivity contribution in [2.75, 3.05) is 40.3 Å². The maximum atomic E-state index is 11.9. The topological polar surface area (TPSA) is 44.4 Å². The van der Waals surface area contributed by atoms with Crippen molar-refractivity contribution in [1.82, 2.24) is 15.5 Å². The highest BCUT2D eigenvalue weighted by Crippen LogP contribution is 2.44. The Morgan fingerprint density at radius 2 is 2.19 bits per heavy atom. The van der Waals surface area contributed by atoms with Crippen LogP contribution in [0.1, 0.15) is 19.3 Å². The fourth-order valence-electron chi connectivity index (χ4n) is 2.54. The Morgan fingerprint density at radius 3 is 2.69 bits per heavy atom. The summed E-state index contributed by atoms with van der Waals surface area (Å²) >= 11 is 0. The molecule has 2 aliphatic rings. The van der Waals surface area contributed by atoms with Crippen LogP contribution in [-0.4, -0.2) is 51.1 Å². The van der Waals surface area contributed by atoms with Gasteiger partial charge >= 0.3 is 0 Å². The van der Waals surface area contributed by atoms with Crippen LogP contribution in [0.3, 0.4) is 0 Å². The SMILES string of the molecule is CNCC1(CNC(=O)C2CCN(C)C2)CC1. The van der Waals surface area contributed by atoms with E-state index in [4.69, 9.17) is 0 Å². The smallest absolute Gasteiger partial charge is 0.224 e. The molecule has 16 heavy (non-hydrogen) atoms. The van der Waals surface area contributed by atoms with Crippen LogP contribution in [0.4, 0.5) is 0 Å². The summed E-state index contributed by atoms with van der Waals surface area (Å²) in [6, 6.07) is 0. The zero-order valence-electron chi connectivity index (χ0n) is 10.4. The predicted octanol–water partition coefficient (Wildman–Crippen LogP) is 0.0539. The maximum absolute atomic E-state index is 11.9. The molecular weight excluding hydrogens is 202 g/mol. The van der Waals surface area contributed by atoms with E-state index in [1.807, 2.05) is 7.05 Å². The van der Waals surface area contributed by atoms with Gasteiger partial charge in [0.25, 0.3) is 0 Å². The van der Waals surface area contributed by atoms with Crippen LogP contribution in [0, 0.1) is 11.3 Å². The molecule has 2 rings (SSSR count). The zero-order valence-corrected chi connectivity index (χ0v) is 10.4. The van der Waals surface area contributed by atoms with E-state index in [1.54, 1.807) is 0 Å². The number of nitrogens with one attached hydrogen (secondary N) is 2. The van der Waals surface area contributed by atoms with Gasteiger partial charge in [0.15, 0.2) is 0 Å². The first-order valence-electron chi connectivity index (χ1n) is 6.26. The Morgan fingerprint density at radius 1 is 1.44 bits per heavy atom. The van der Waals surface area contributed by atoms with Gasteiger partial charge in [0.05, 0.1) is 5.92 Å². The van der Waals surface area contributed by atoms with Crippen molar-refractivity contribution in [1.29, 1.82) is 0 Å². The summed E-state index contributed by atoms with van der Waals surface area (Å²) in [6.45, 7) is 3.86. The van der Waals surface area contributed by atoms with Gasteiger partial charge in [0.2, 0.25) is 5.91 Å². The lowest BCUT2D eigenvalue weighted by molar-refractivity contribution is -0.124. The van der Waals surface area contributed by atoms with Gasteiger partial charge in [-0.3, -0.25) is 4.79 Å². The Labute approximate surface area is 97.8 Å². The van der Waals surface area contributed by atoms with Crippen LogP contribution in [-0.2, 0) is 4.79 Å². The van der Waals surface area contributed by atoms with Crippen LogP contribution in [0.15, 0.2) is 0 Å². The molecule has 0 aromatic rings.